The predicted octanol–water partition coefficient (Wildman–Crippen LogP) is 2.89. The summed E-state index contributed by atoms with van der Waals surface area (Å²) in [6, 6.07) is 7.47. The average Bonchev–Trinajstić information content (AvgIpc) is 2.23. The first-order valence-electron chi connectivity index (χ1n) is 6.16. The monoisotopic (exact) mass is 327 g/mol. The van der Waals surface area contributed by atoms with Crippen molar-refractivity contribution < 1.29 is 14.6 Å². The molecule has 104 valence electrons. The summed E-state index contributed by atoms with van der Waals surface area (Å²) in [4.78, 5) is 13.3. The molecular formula is C14H18BrNO3. The standard InChI is InChI=1S/C14H18BrNO3/c1-13(2,3)19-12(17)16-8-14(18,9-16)10-4-6-11(15)7-5-10/h4-7,18H,8-9H2,1-3H3. The van der Waals surface area contributed by atoms with E-state index < -0.39 is 11.2 Å². The molecule has 1 aliphatic heterocycles. The quantitative estimate of drug-likeness (QED) is 0.862. The van der Waals surface area contributed by atoms with Crippen LogP contribution in [0.5, 0.6) is 0 Å². The molecule has 19 heavy (non-hydrogen) atoms. The van der Waals surface area contributed by atoms with Crippen molar-refractivity contribution in [3.05, 3.63) is 34.3 Å². The second-order valence-electron chi connectivity index (χ2n) is 5.87. The van der Waals surface area contributed by atoms with Crippen molar-refractivity contribution in [1.82, 2.24) is 4.90 Å². The van der Waals surface area contributed by atoms with Gasteiger partial charge in [0.1, 0.15) is 11.2 Å². The lowest BCUT2D eigenvalue weighted by molar-refractivity contribution is -0.103. The van der Waals surface area contributed by atoms with Crippen LogP contribution in [0.15, 0.2) is 28.7 Å². The Kier molecular flexibility index (Phi) is 3.62. The number of benzene rings is 1. The summed E-state index contributed by atoms with van der Waals surface area (Å²) in [6.45, 7) is 6.01. The maximum atomic E-state index is 11.8. The van der Waals surface area contributed by atoms with Crippen LogP contribution in [0.3, 0.4) is 0 Å². The fraction of sp³-hybridized carbons (Fsp3) is 0.500. The molecule has 1 amide bonds. The summed E-state index contributed by atoms with van der Waals surface area (Å²) in [5.74, 6) is 0. The van der Waals surface area contributed by atoms with Gasteiger partial charge in [-0.05, 0) is 38.5 Å². The molecule has 1 aliphatic rings. The molecule has 0 bridgehead atoms. The van der Waals surface area contributed by atoms with E-state index in [0.717, 1.165) is 10.0 Å². The molecule has 0 radical (unpaired) electrons. The molecular weight excluding hydrogens is 310 g/mol. The van der Waals surface area contributed by atoms with Crippen LogP contribution in [0.4, 0.5) is 4.79 Å². The van der Waals surface area contributed by atoms with Crippen LogP contribution in [0.1, 0.15) is 26.3 Å². The van der Waals surface area contributed by atoms with E-state index in [1.165, 1.54) is 4.90 Å². The second kappa shape index (κ2) is 4.80. The topological polar surface area (TPSA) is 49.8 Å². The third kappa shape index (κ3) is 3.28. The molecule has 4 nitrogen and oxygen atoms in total. The van der Waals surface area contributed by atoms with Crippen LogP contribution in [-0.2, 0) is 10.3 Å². The highest BCUT2D eigenvalue weighted by atomic mass is 79.9. The van der Waals surface area contributed by atoms with Crippen LogP contribution < -0.4 is 0 Å². The summed E-state index contributed by atoms with van der Waals surface area (Å²) in [5.41, 5.74) is -0.657. The highest BCUT2D eigenvalue weighted by Gasteiger charge is 2.46. The number of carbonyl (C=O) groups excluding carboxylic acids is 1. The number of amides is 1. The number of hydrogen-bond donors (Lipinski definition) is 1. The van der Waals surface area contributed by atoms with Crippen LogP contribution in [0, 0.1) is 0 Å². The van der Waals surface area contributed by atoms with Gasteiger partial charge in [0.25, 0.3) is 0 Å². The molecule has 5 heteroatoms. The number of aliphatic hydroxyl groups is 1. The number of likely N-dealkylation sites (tertiary alicyclic amines) is 1. The van der Waals surface area contributed by atoms with Crippen molar-refractivity contribution in [1.29, 1.82) is 0 Å². The third-order valence-corrected chi connectivity index (χ3v) is 3.47. The summed E-state index contributed by atoms with van der Waals surface area (Å²) in [7, 11) is 0. The Labute approximate surface area is 121 Å². The molecule has 1 saturated heterocycles. The number of β-amino-alcohol motifs (C(OH)–C–C–N with tert-alkyl or cyclic N) is 1. The maximum absolute atomic E-state index is 11.8. The van der Waals surface area contributed by atoms with E-state index in [2.05, 4.69) is 15.9 Å². The number of nitrogens with zero attached hydrogens (tertiary/aromatic N) is 1. The lowest BCUT2D eigenvalue weighted by Gasteiger charge is -2.46. The van der Waals surface area contributed by atoms with Gasteiger partial charge in [-0.2, -0.15) is 0 Å². The van der Waals surface area contributed by atoms with Crippen molar-refractivity contribution >= 4 is 22.0 Å². The van der Waals surface area contributed by atoms with Gasteiger partial charge in [-0.3, -0.25) is 0 Å². The minimum absolute atomic E-state index is 0.267. The van der Waals surface area contributed by atoms with Crippen LogP contribution >= 0.6 is 15.9 Å². The summed E-state index contributed by atoms with van der Waals surface area (Å²) < 4.78 is 6.22. The predicted molar refractivity (Wildman–Crippen MR) is 75.8 cm³/mol. The van der Waals surface area contributed by atoms with Gasteiger partial charge in [0, 0.05) is 4.47 Å². The Hall–Kier alpha value is -1.07. The van der Waals surface area contributed by atoms with Crippen LogP contribution in [-0.4, -0.2) is 34.8 Å². The van der Waals surface area contributed by atoms with Crippen LogP contribution in [0.25, 0.3) is 0 Å². The first-order chi connectivity index (χ1) is 8.70. The van der Waals surface area contributed by atoms with Gasteiger partial charge in [-0.25, -0.2) is 4.79 Å². The van der Waals surface area contributed by atoms with E-state index in [0.29, 0.717) is 0 Å². The van der Waals surface area contributed by atoms with Crippen molar-refractivity contribution in [3.8, 4) is 0 Å². The van der Waals surface area contributed by atoms with Crippen molar-refractivity contribution in [2.75, 3.05) is 13.1 Å². The first kappa shape index (κ1) is 14.3. The van der Waals surface area contributed by atoms with Crippen molar-refractivity contribution in [2.24, 2.45) is 0 Å². The molecule has 2 rings (SSSR count). The van der Waals surface area contributed by atoms with Gasteiger partial charge in [-0.15, -0.1) is 0 Å². The largest absolute Gasteiger partial charge is 0.444 e. The molecule has 0 atom stereocenters. The van der Waals surface area contributed by atoms with Crippen molar-refractivity contribution in [2.45, 2.75) is 32.0 Å². The molecule has 1 N–H and O–H groups in total. The Bertz CT molecular complexity index is 472. The fourth-order valence-electron chi connectivity index (χ4n) is 1.98. The zero-order valence-corrected chi connectivity index (χ0v) is 12.9. The van der Waals surface area contributed by atoms with E-state index >= 15 is 0 Å². The highest BCUT2D eigenvalue weighted by Crippen LogP contribution is 2.33. The van der Waals surface area contributed by atoms with E-state index in [1.807, 2.05) is 45.0 Å². The van der Waals surface area contributed by atoms with Gasteiger partial charge >= 0.3 is 6.09 Å². The Morgan fingerprint density at radius 1 is 1.32 bits per heavy atom. The lowest BCUT2D eigenvalue weighted by atomic mass is 9.86. The molecule has 0 aromatic heterocycles. The minimum Gasteiger partial charge on any atom is -0.444 e. The molecule has 1 aromatic rings. The van der Waals surface area contributed by atoms with Crippen LogP contribution in [0.2, 0.25) is 0 Å². The van der Waals surface area contributed by atoms with Gasteiger partial charge in [0.2, 0.25) is 0 Å². The smallest absolute Gasteiger partial charge is 0.410 e. The Balaban J connectivity index is 1.98. The molecule has 0 saturated carbocycles. The summed E-state index contributed by atoms with van der Waals surface area (Å²) >= 11 is 3.35. The minimum atomic E-state index is -0.961. The van der Waals surface area contributed by atoms with Gasteiger partial charge in [0.15, 0.2) is 0 Å². The van der Waals surface area contributed by atoms with Crippen molar-refractivity contribution in [3.63, 3.8) is 0 Å². The Morgan fingerprint density at radius 2 is 1.84 bits per heavy atom. The maximum Gasteiger partial charge on any atom is 0.410 e. The lowest BCUT2D eigenvalue weighted by Crippen LogP contribution is -2.61. The number of hydrogen-bond acceptors (Lipinski definition) is 3. The average molecular weight is 328 g/mol. The molecule has 1 fully saturated rings. The van der Waals surface area contributed by atoms with Gasteiger partial charge in [-0.1, -0.05) is 28.1 Å². The molecule has 1 aromatic carbocycles. The highest BCUT2D eigenvalue weighted by molar-refractivity contribution is 9.10. The SMILES string of the molecule is CC(C)(C)OC(=O)N1CC(O)(c2ccc(Br)cc2)C1. The molecule has 0 spiro atoms. The zero-order chi connectivity index (χ0) is 14.3. The zero-order valence-electron chi connectivity index (χ0n) is 11.3. The number of halogens is 1. The number of carbonyl (C=O) groups is 1. The second-order valence-corrected chi connectivity index (χ2v) is 6.79. The fourth-order valence-corrected chi connectivity index (χ4v) is 2.25. The Morgan fingerprint density at radius 3 is 2.32 bits per heavy atom. The van der Waals surface area contributed by atoms with Gasteiger partial charge < -0.3 is 14.7 Å². The van der Waals surface area contributed by atoms with E-state index in [1.54, 1.807) is 0 Å². The van der Waals surface area contributed by atoms with E-state index in [4.69, 9.17) is 4.74 Å². The van der Waals surface area contributed by atoms with E-state index in [-0.39, 0.29) is 19.2 Å². The number of ether oxygens (including phenoxy) is 1. The summed E-state index contributed by atoms with van der Waals surface area (Å²) in [5, 5.41) is 10.4. The number of rotatable bonds is 1. The molecule has 0 aliphatic carbocycles. The molecule has 0 unspecified atom stereocenters. The normalized spacial score (nSPS) is 17.8. The summed E-state index contributed by atoms with van der Waals surface area (Å²) in [6.07, 6.45) is -0.380. The van der Waals surface area contributed by atoms with Gasteiger partial charge in [0.05, 0.1) is 13.1 Å². The first-order valence-corrected chi connectivity index (χ1v) is 6.95. The molecule has 1 heterocycles. The third-order valence-electron chi connectivity index (χ3n) is 2.94. The van der Waals surface area contributed by atoms with E-state index in [9.17, 15) is 9.90 Å².